The summed E-state index contributed by atoms with van der Waals surface area (Å²) >= 11 is 0. The highest BCUT2D eigenvalue weighted by Crippen LogP contribution is 2.61. The topological polar surface area (TPSA) is 161 Å². The van der Waals surface area contributed by atoms with E-state index in [1.54, 1.807) is 47.5 Å². The van der Waals surface area contributed by atoms with Crippen molar-refractivity contribution in [3.8, 4) is 29.6 Å². The minimum absolute atomic E-state index is 0.0103. The minimum atomic E-state index is -0.884. The van der Waals surface area contributed by atoms with E-state index >= 15 is 4.39 Å². The van der Waals surface area contributed by atoms with Crippen LogP contribution in [-0.4, -0.2) is 92.5 Å². The molecular formula is C42H40F2N8O5. The molecule has 292 valence electrons. The van der Waals surface area contributed by atoms with E-state index in [2.05, 4.69) is 42.7 Å². The van der Waals surface area contributed by atoms with E-state index < -0.39 is 28.8 Å². The number of benzene rings is 2. The van der Waals surface area contributed by atoms with E-state index in [0.29, 0.717) is 56.6 Å². The van der Waals surface area contributed by atoms with Crippen LogP contribution < -0.4 is 21.3 Å². The van der Waals surface area contributed by atoms with Gasteiger partial charge in [-0.3, -0.25) is 9.69 Å². The molecule has 2 unspecified atom stereocenters. The number of hydrogen-bond donors (Lipinski definition) is 3. The molecule has 13 nitrogen and oxygen atoms in total. The van der Waals surface area contributed by atoms with Crippen LogP contribution in [0.3, 0.4) is 0 Å². The second-order valence-corrected chi connectivity index (χ2v) is 15.3. The molecule has 1 saturated carbocycles. The number of fused-ring (bicyclic) bond motifs is 4. The first-order chi connectivity index (χ1) is 27.5. The number of aromatic nitrogens is 4. The van der Waals surface area contributed by atoms with E-state index in [1.165, 1.54) is 6.07 Å². The molecule has 0 bridgehead atoms. The number of H-pyrrole nitrogens is 1. The molecule has 4 N–H and O–H groups in total. The van der Waals surface area contributed by atoms with Crippen LogP contribution in [-0.2, 0) is 9.47 Å². The molecule has 1 aliphatic carbocycles. The number of hydrogen-bond acceptors (Lipinski definition) is 11. The van der Waals surface area contributed by atoms with Crippen molar-refractivity contribution in [1.29, 1.82) is 0 Å². The Morgan fingerprint density at radius 3 is 2.79 bits per heavy atom. The number of rotatable bonds is 8. The average molecular weight is 775 g/mol. The number of pyridine rings is 2. The number of aromatic amines is 1. The van der Waals surface area contributed by atoms with Crippen LogP contribution in [0.4, 0.5) is 25.2 Å². The van der Waals surface area contributed by atoms with E-state index in [9.17, 15) is 14.0 Å². The third kappa shape index (κ3) is 6.11. The zero-order chi connectivity index (χ0) is 39.6. The number of morpholine rings is 1. The van der Waals surface area contributed by atoms with Crippen molar-refractivity contribution in [2.75, 3.05) is 50.5 Å². The number of amides is 1. The molecule has 3 aliphatic heterocycles. The van der Waals surface area contributed by atoms with Crippen LogP contribution in [0.25, 0.3) is 32.9 Å². The quantitative estimate of drug-likeness (QED) is 0.131. The molecular weight excluding hydrogens is 735 g/mol. The third-order valence-electron chi connectivity index (χ3n) is 11.9. The van der Waals surface area contributed by atoms with Crippen LogP contribution in [0.15, 0.2) is 65.6 Å². The van der Waals surface area contributed by atoms with Crippen molar-refractivity contribution in [3.63, 3.8) is 0 Å². The van der Waals surface area contributed by atoms with E-state index in [0.717, 1.165) is 18.4 Å². The van der Waals surface area contributed by atoms with E-state index in [4.69, 9.17) is 26.4 Å². The van der Waals surface area contributed by atoms with Gasteiger partial charge in [0.1, 0.15) is 41.1 Å². The molecule has 4 atom stereocenters. The predicted molar refractivity (Wildman–Crippen MR) is 210 cm³/mol. The molecule has 9 rings (SSSR count). The summed E-state index contributed by atoms with van der Waals surface area (Å²) in [6.07, 6.45) is 9.55. The van der Waals surface area contributed by atoms with Crippen molar-refractivity contribution in [3.05, 3.63) is 93.9 Å². The Kier molecular flexibility index (Phi) is 8.86. The number of carbonyl (C=O) groups excluding carboxylic acids is 1. The van der Waals surface area contributed by atoms with Gasteiger partial charge in [0, 0.05) is 48.8 Å². The van der Waals surface area contributed by atoms with Gasteiger partial charge in [0.25, 0.3) is 5.56 Å². The molecule has 2 aromatic carbocycles. The SMILES string of the molecule is C#Cc1c(F)ccc2cccc(-c3[nH]c(=O)c4c(N[C@@H](C)c5cccnc5N)nc(OC[C@@]56CCC7(CC7OC(=O)N7CCOCC7)N5CC(=C)C6)nc4c3F)c12. The highest BCUT2D eigenvalue weighted by Gasteiger charge is 2.71. The van der Waals surface area contributed by atoms with Gasteiger partial charge in [-0.1, -0.05) is 48.4 Å². The third-order valence-corrected chi connectivity index (χ3v) is 11.9. The Labute approximate surface area is 326 Å². The van der Waals surface area contributed by atoms with Gasteiger partial charge in [-0.25, -0.2) is 18.6 Å². The minimum Gasteiger partial charge on any atom is -0.461 e. The second-order valence-electron chi connectivity index (χ2n) is 15.3. The van der Waals surface area contributed by atoms with Gasteiger partial charge in [-0.05, 0) is 43.7 Å². The van der Waals surface area contributed by atoms with Gasteiger partial charge in [0.15, 0.2) is 5.82 Å². The first kappa shape index (κ1) is 36.5. The maximum Gasteiger partial charge on any atom is 0.410 e. The number of nitrogens with two attached hydrogens (primary N) is 1. The van der Waals surface area contributed by atoms with Gasteiger partial charge < -0.3 is 35.1 Å². The van der Waals surface area contributed by atoms with Crippen molar-refractivity contribution in [2.45, 2.75) is 55.8 Å². The van der Waals surface area contributed by atoms with Crippen molar-refractivity contribution >= 4 is 39.4 Å². The summed E-state index contributed by atoms with van der Waals surface area (Å²) in [5.74, 6) is 1.12. The standard InChI is InChI=1S/C42H40F2N8O5/c1-4-26-29(43)11-10-25-7-5-8-28(31(25)26)34-33(44)35-32(38(53)48-34)37(47-24(3)27-9-6-14-46-36(27)45)50-39(49-35)56-22-41-12-13-42(52(41)21-23(2)19-41)20-30(42)57-40(54)51-15-17-55-18-16-51/h1,5-11,14,24,30H,2,12-13,15-22H2,3H3,(H2,45,46)(H,48,53)(H,47,49,50)/t24-,30?,41-,42?/m0/s1. The Balaban J connectivity index is 1.09. The lowest BCUT2D eigenvalue weighted by Crippen LogP contribution is -2.49. The Hall–Kier alpha value is -6.11. The number of terminal acetylenes is 1. The van der Waals surface area contributed by atoms with Crippen molar-refractivity contribution in [2.24, 2.45) is 0 Å². The molecule has 1 spiro atoms. The predicted octanol–water partition coefficient (Wildman–Crippen LogP) is 5.70. The van der Waals surface area contributed by atoms with Crippen LogP contribution in [0.2, 0.25) is 0 Å². The average Bonchev–Trinajstić information content (AvgIpc) is 3.68. The van der Waals surface area contributed by atoms with Crippen molar-refractivity contribution in [1.82, 2.24) is 29.7 Å². The number of nitrogens with zero attached hydrogens (tertiary/aromatic N) is 5. The second kappa shape index (κ2) is 13.8. The summed E-state index contributed by atoms with van der Waals surface area (Å²) in [6, 6.07) is 10.6. The number of halogens is 2. The Morgan fingerprint density at radius 2 is 2.00 bits per heavy atom. The van der Waals surface area contributed by atoms with Gasteiger partial charge >= 0.3 is 12.1 Å². The monoisotopic (exact) mass is 774 g/mol. The van der Waals surface area contributed by atoms with Gasteiger partial charge in [-0.15, -0.1) is 6.42 Å². The molecule has 3 aromatic heterocycles. The largest absolute Gasteiger partial charge is 0.461 e. The smallest absolute Gasteiger partial charge is 0.410 e. The molecule has 4 aliphatic rings. The molecule has 4 fully saturated rings. The lowest BCUT2D eigenvalue weighted by Gasteiger charge is -2.35. The fourth-order valence-corrected chi connectivity index (χ4v) is 9.05. The lowest BCUT2D eigenvalue weighted by molar-refractivity contribution is 0.0129. The number of carbonyl (C=O) groups is 1. The zero-order valence-electron chi connectivity index (χ0n) is 31.2. The highest BCUT2D eigenvalue weighted by molar-refractivity contribution is 6.02. The normalized spacial score (nSPS) is 23.4. The van der Waals surface area contributed by atoms with Crippen LogP contribution in [0.1, 0.15) is 49.8 Å². The number of nitrogen functional groups attached to an aromatic ring is 1. The van der Waals surface area contributed by atoms with Crippen LogP contribution in [0.5, 0.6) is 6.01 Å². The zero-order valence-corrected chi connectivity index (χ0v) is 31.2. The van der Waals surface area contributed by atoms with Gasteiger partial charge in [0.2, 0.25) is 0 Å². The van der Waals surface area contributed by atoms with Gasteiger partial charge in [0.05, 0.1) is 41.6 Å². The van der Waals surface area contributed by atoms with Crippen LogP contribution in [0, 0.1) is 24.0 Å². The number of ether oxygens (including phenoxy) is 3. The fraction of sp³-hybridized carbons (Fsp3) is 0.357. The van der Waals surface area contributed by atoms with Crippen LogP contribution >= 0.6 is 0 Å². The molecule has 15 heteroatoms. The van der Waals surface area contributed by atoms with E-state index in [-0.39, 0.29) is 75.1 Å². The maximum atomic E-state index is 17.1. The Bertz CT molecular complexity index is 2590. The van der Waals surface area contributed by atoms with Crippen molar-refractivity contribution < 1.29 is 27.8 Å². The molecule has 5 aromatic rings. The number of anilines is 2. The summed E-state index contributed by atoms with van der Waals surface area (Å²) in [4.78, 5) is 47.1. The highest BCUT2D eigenvalue weighted by atomic mass is 19.1. The molecule has 6 heterocycles. The summed E-state index contributed by atoms with van der Waals surface area (Å²) in [6.45, 7) is 8.81. The summed E-state index contributed by atoms with van der Waals surface area (Å²) in [5, 5.41) is 3.89. The first-order valence-electron chi connectivity index (χ1n) is 18.9. The molecule has 57 heavy (non-hydrogen) atoms. The summed E-state index contributed by atoms with van der Waals surface area (Å²) in [5.41, 5.74) is 5.89. The summed E-state index contributed by atoms with van der Waals surface area (Å²) in [7, 11) is 0. The maximum absolute atomic E-state index is 17.1. The molecule has 1 amide bonds. The fourth-order valence-electron chi connectivity index (χ4n) is 9.05. The number of nitrogens with one attached hydrogen (secondary N) is 2. The first-order valence-corrected chi connectivity index (χ1v) is 18.9. The lowest BCUT2D eigenvalue weighted by atomic mass is 9.94. The van der Waals surface area contributed by atoms with Gasteiger partial charge in [-0.2, -0.15) is 9.97 Å². The molecule has 3 saturated heterocycles. The van der Waals surface area contributed by atoms with E-state index in [1.807, 2.05) is 6.92 Å². The molecule has 0 radical (unpaired) electrons. The Morgan fingerprint density at radius 1 is 1.18 bits per heavy atom. The summed E-state index contributed by atoms with van der Waals surface area (Å²) < 4.78 is 49.9.